The number of hydrogen-bond donors (Lipinski definition) is 1. The summed E-state index contributed by atoms with van der Waals surface area (Å²) in [4.78, 5) is 25.1. The number of aromatic carboxylic acids is 1. The Labute approximate surface area is 226 Å². The van der Waals surface area contributed by atoms with Crippen molar-refractivity contribution in [1.82, 2.24) is 9.78 Å². The number of nitrogens with zero attached hydrogens (tertiary/aromatic N) is 2. The van der Waals surface area contributed by atoms with Crippen LogP contribution in [0, 0.1) is 5.82 Å². The molecule has 2 aromatic carbocycles. The van der Waals surface area contributed by atoms with Gasteiger partial charge in [0.05, 0.1) is 29.8 Å². The van der Waals surface area contributed by atoms with Crippen molar-refractivity contribution in [2.75, 3.05) is 19.8 Å². The van der Waals surface area contributed by atoms with E-state index in [1.165, 1.54) is 24.3 Å². The Morgan fingerprint density at radius 3 is 2.56 bits per heavy atom. The molecule has 10 heteroatoms. The molecule has 1 N–H and O–H groups in total. The van der Waals surface area contributed by atoms with E-state index < -0.39 is 17.7 Å². The molecule has 208 valence electrons. The summed E-state index contributed by atoms with van der Waals surface area (Å²) in [5.74, 6) is -1.47. The van der Waals surface area contributed by atoms with E-state index in [-0.39, 0.29) is 30.0 Å². The molecule has 3 aromatic rings. The third-order valence-corrected chi connectivity index (χ3v) is 5.90. The van der Waals surface area contributed by atoms with Gasteiger partial charge in [0, 0.05) is 13.0 Å². The first-order valence-electron chi connectivity index (χ1n) is 12.9. The number of carboxylic acid groups (broad SMARTS) is 1. The summed E-state index contributed by atoms with van der Waals surface area (Å²) in [5, 5.41) is 14.7. The second-order valence-electron chi connectivity index (χ2n) is 10.2. The summed E-state index contributed by atoms with van der Waals surface area (Å²) in [6.07, 6.45) is 5.79. The zero-order chi connectivity index (χ0) is 28.0. The van der Waals surface area contributed by atoms with E-state index in [9.17, 15) is 19.1 Å². The van der Waals surface area contributed by atoms with Crippen molar-refractivity contribution in [3.63, 3.8) is 0 Å². The zero-order valence-electron chi connectivity index (χ0n) is 22.3. The molecular weight excluding hydrogens is 507 g/mol. The Bertz CT molecular complexity index is 1340. The molecule has 0 bridgehead atoms. The monoisotopic (exact) mass is 540 g/mol. The van der Waals surface area contributed by atoms with Crippen LogP contribution in [-0.4, -0.2) is 58.7 Å². The van der Waals surface area contributed by atoms with Crippen molar-refractivity contribution in [3.05, 3.63) is 59.0 Å². The minimum absolute atomic E-state index is 0.0702. The topological polar surface area (TPSA) is 109 Å². The lowest BCUT2D eigenvalue weighted by Gasteiger charge is -2.22. The van der Waals surface area contributed by atoms with Crippen LogP contribution in [0.25, 0.3) is 23.1 Å². The molecule has 9 nitrogen and oxygen atoms in total. The highest BCUT2D eigenvalue weighted by molar-refractivity contribution is 6.05. The Morgan fingerprint density at radius 1 is 1.13 bits per heavy atom. The van der Waals surface area contributed by atoms with E-state index in [1.54, 1.807) is 45.1 Å². The number of carbonyl (C=O) groups excluding carboxylic acids is 1. The summed E-state index contributed by atoms with van der Waals surface area (Å²) < 4.78 is 37.3. The summed E-state index contributed by atoms with van der Waals surface area (Å²) >= 11 is 0. The molecule has 1 fully saturated rings. The third kappa shape index (κ3) is 7.42. The number of benzene rings is 2. The Balaban J connectivity index is 1.67. The molecular formula is C29H33FN2O7. The third-order valence-electron chi connectivity index (χ3n) is 5.90. The lowest BCUT2D eigenvalue weighted by Crippen LogP contribution is -2.27. The Morgan fingerprint density at radius 2 is 1.90 bits per heavy atom. The van der Waals surface area contributed by atoms with Crippen molar-refractivity contribution >= 4 is 35.1 Å². The van der Waals surface area contributed by atoms with Gasteiger partial charge < -0.3 is 24.1 Å². The van der Waals surface area contributed by atoms with Gasteiger partial charge in [0.1, 0.15) is 22.7 Å². The lowest BCUT2D eigenvalue weighted by atomic mass is 10.1. The molecule has 1 aliphatic heterocycles. The van der Waals surface area contributed by atoms with E-state index in [2.05, 4.69) is 5.10 Å². The van der Waals surface area contributed by atoms with Gasteiger partial charge in [0.15, 0.2) is 6.29 Å². The molecule has 1 aromatic heterocycles. The number of carboxylic acids is 1. The van der Waals surface area contributed by atoms with Gasteiger partial charge in [-0.25, -0.2) is 14.0 Å². The fraction of sp³-hybridized carbons (Fsp3) is 0.414. The summed E-state index contributed by atoms with van der Waals surface area (Å²) in [6, 6.07) is 8.72. The van der Waals surface area contributed by atoms with Crippen molar-refractivity contribution in [2.45, 2.75) is 58.3 Å². The van der Waals surface area contributed by atoms with Gasteiger partial charge in [-0.1, -0.05) is 18.2 Å². The number of carbonyl (C=O) groups is 2. The average molecular weight is 541 g/mol. The van der Waals surface area contributed by atoms with Gasteiger partial charge in [-0.05, 0) is 75.9 Å². The highest BCUT2D eigenvalue weighted by Crippen LogP contribution is 2.34. The average Bonchev–Trinajstić information content (AvgIpc) is 3.27. The van der Waals surface area contributed by atoms with Crippen LogP contribution in [0.5, 0.6) is 5.75 Å². The van der Waals surface area contributed by atoms with Crippen LogP contribution in [0.3, 0.4) is 0 Å². The van der Waals surface area contributed by atoms with Gasteiger partial charge in [-0.3, -0.25) is 0 Å². The molecule has 0 aliphatic carbocycles. The lowest BCUT2D eigenvalue weighted by molar-refractivity contribution is -0.163. The molecule has 0 saturated carbocycles. The molecule has 2 heterocycles. The zero-order valence-corrected chi connectivity index (χ0v) is 22.3. The number of halogens is 1. The van der Waals surface area contributed by atoms with Crippen molar-refractivity contribution in [2.24, 2.45) is 0 Å². The van der Waals surface area contributed by atoms with Gasteiger partial charge in [0.2, 0.25) is 0 Å². The number of rotatable bonds is 9. The van der Waals surface area contributed by atoms with Crippen molar-refractivity contribution in [3.8, 4) is 5.75 Å². The highest BCUT2D eigenvalue weighted by Gasteiger charge is 2.26. The van der Waals surface area contributed by atoms with Gasteiger partial charge in [-0.2, -0.15) is 9.78 Å². The van der Waals surface area contributed by atoms with Gasteiger partial charge >= 0.3 is 12.1 Å². The molecule has 4 rings (SSSR count). The fourth-order valence-corrected chi connectivity index (χ4v) is 4.13. The van der Waals surface area contributed by atoms with Crippen molar-refractivity contribution in [1.29, 1.82) is 0 Å². The Hall–Kier alpha value is -3.76. The normalized spacial score (nSPS) is 16.1. The molecule has 1 unspecified atom stereocenters. The quantitative estimate of drug-likeness (QED) is 0.323. The second-order valence-corrected chi connectivity index (χ2v) is 10.2. The highest BCUT2D eigenvalue weighted by atomic mass is 19.1. The predicted molar refractivity (Wildman–Crippen MR) is 143 cm³/mol. The van der Waals surface area contributed by atoms with E-state index in [1.807, 2.05) is 0 Å². The smallest absolute Gasteiger partial charge is 0.435 e. The molecule has 39 heavy (non-hydrogen) atoms. The van der Waals surface area contributed by atoms with E-state index in [0.29, 0.717) is 41.8 Å². The van der Waals surface area contributed by atoms with Gasteiger partial charge in [0.25, 0.3) is 0 Å². The number of hydrogen-bond acceptors (Lipinski definition) is 7. The van der Waals surface area contributed by atoms with E-state index in [4.69, 9.17) is 18.9 Å². The van der Waals surface area contributed by atoms with Gasteiger partial charge in [-0.15, -0.1) is 0 Å². The molecule has 1 aliphatic rings. The van der Waals surface area contributed by atoms with E-state index >= 15 is 0 Å². The minimum Gasteiger partial charge on any atom is -0.492 e. The maximum atomic E-state index is 13.4. The maximum Gasteiger partial charge on any atom is 0.435 e. The summed E-state index contributed by atoms with van der Waals surface area (Å²) in [6.45, 7) is 6.46. The number of fused-ring (bicyclic) bond motifs is 1. The van der Waals surface area contributed by atoms with Crippen LogP contribution in [0.1, 0.15) is 68.1 Å². The number of aromatic nitrogens is 2. The number of ether oxygens (including phenoxy) is 4. The first kappa shape index (κ1) is 28.3. The molecule has 1 saturated heterocycles. The summed E-state index contributed by atoms with van der Waals surface area (Å²) in [5.41, 5.74) is 0.469. The van der Waals surface area contributed by atoms with Crippen LogP contribution >= 0.6 is 0 Å². The SMILES string of the molecule is CC(C)(C)OC(=O)n1nc(/C=C/c2ccc(F)cc2)c2c(OCCCOC3CCCCO3)c(C(=O)O)ccc21. The Kier molecular flexibility index (Phi) is 8.98. The fourth-order valence-electron chi connectivity index (χ4n) is 4.13. The predicted octanol–water partition coefficient (Wildman–Crippen LogP) is 6.14. The molecule has 1 atom stereocenters. The largest absolute Gasteiger partial charge is 0.492 e. The van der Waals surface area contributed by atoms with E-state index in [0.717, 1.165) is 23.9 Å². The molecule has 0 amide bonds. The standard InChI is InChI=1S/C29H33FN2O7/c1-29(2,3)39-28(35)32-23-15-13-21(27(33)34)26(38-18-6-17-37-24-7-4-5-16-36-24)25(23)22(31-32)14-10-19-8-11-20(30)12-9-19/h8-15,24H,4-7,16-18H2,1-3H3,(H,33,34)/b14-10+. The van der Waals surface area contributed by atoms with Crippen LogP contribution in [-0.2, 0) is 14.2 Å². The maximum absolute atomic E-state index is 13.4. The molecule has 0 spiro atoms. The summed E-state index contributed by atoms with van der Waals surface area (Å²) in [7, 11) is 0. The first-order chi connectivity index (χ1) is 18.6. The van der Waals surface area contributed by atoms with Crippen LogP contribution < -0.4 is 4.74 Å². The van der Waals surface area contributed by atoms with Crippen LogP contribution in [0.4, 0.5) is 9.18 Å². The van der Waals surface area contributed by atoms with Crippen LogP contribution in [0.2, 0.25) is 0 Å². The second kappa shape index (κ2) is 12.4. The van der Waals surface area contributed by atoms with Crippen molar-refractivity contribution < 1.29 is 38.0 Å². The minimum atomic E-state index is -1.18. The van der Waals surface area contributed by atoms with Crippen LogP contribution in [0.15, 0.2) is 36.4 Å². The molecule has 0 radical (unpaired) electrons. The first-order valence-corrected chi connectivity index (χ1v) is 12.9.